The number of esters is 1. The van der Waals surface area contributed by atoms with Crippen LogP contribution in [-0.4, -0.2) is 37.4 Å². The fourth-order valence-electron chi connectivity index (χ4n) is 2.22. The van der Waals surface area contributed by atoms with Crippen LogP contribution in [0.1, 0.15) is 38.5 Å². The molecule has 0 bridgehead atoms. The molecule has 0 radical (unpaired) electrons. The summed E-state index contributed by atoms with van der Waals surface area (Å²) in [5.74, 6) is 0.510. The van der Waals surface area contributed by atoms with Gasteiger partial charge in [0.1, 0.15) is 0 Å². The van der Waals surface area contributed by atoms with Gasteiger partial charge in [-0.3, -0.25) is 4.79 Å². The van der Waals surface area contributed by atoms with Crippen LogP contribution in [0.25, 0.3) is 0 Å². The first-order valence-electron chi connectivity index (χ1n) is 6.18. The second kappa shape index (κ2) is 7.63. The number of carbonyl (C=O) groups excluding carboxylic acids is 1. The Morgan fingerprint density at radius 3 is 2.81 bits per heavy atom. The highest BCUT2D eigenvalue weighted by atomic mass is 16.5. The molecule has 1 aliphatic rings. The molecule has 0 aromatic heterocycles. The van der Waals surface area contributed by atoms with E-state index < -0.39 is 6.10 Å². The predicted molar refractivity (Wildman–Crippen MR) is 62.1 cm³/mol. The Morgan fingerprint density at radius 1 is 1.50 bits per heavy atom. The zero-order valence-electron chi connectivity index (χ0n) is 10.1. The minimum atomic E-state index is -0.629. The molecule has 4 nitrogen and oxygen atoms in total. The van der Waals surface area contributed by atoms with Crippen LogP contribution in [0.5, 0.6) is 0 Å². The van der Waals surface area contributed by atoms with Crippen molar-refractivity contribution in [1.29, 1.82) is 0 Å². The molecular formula is C12H23NO3. The molecule has 1 atom stereocenters. The minimum absolute atomic E-state index is 0.0763. The molecule has 1 fully saturated rings. The summed E-state index contributed by atoms with van der Waals surface area (Å²) in [5, 5.41) is 12.7. The zero-order valence-corrected chi connectivity index (χ0v) is 10.1. The van der Waals surface area contributed by atoms with Crippen molar-refractivity contribution in [2.24, 2.45) is 5.92 Å². The Morgan fingerprint density at radius 2 is 2.19 bits per heavy atom. The second-order valence-corrected chi connectivity index (χ2v) is 4.58. The third-order valence-electron chi connectivity index (χ3n) is 3.21. The highest BCUT2D eigenvalue weighted by molar-refractivity contribution is 5.69. The molecule has 0 aromatic carbocycles. The smallest absolute Gasteiger partial charge is 0.308 e. The summed E-state index contributed by atoms with van der Waals surface area (Å²) < 4.78 is 4.48. The normalized spacial score (nSPS) is 18.6. The summed E-state index contributed by atoms with van der Waals surface area (Å²) in [6.45, 7) is 1.41. The summed E-state index contributed by atoms with van der Waals surface area (Å²) in [7, 11) is 1.34. The highest BCUT2D eigenvalue weighted by Gasteiger charge is 2.14. The number of nitrogens with one attached hydrogen (secondary N) is 1. The third-order valence-corrected chi connectivity index (χ3v) is 3.21. The van der Waals surface area contributed by atoms with E-state index in [2.05, 4.69) is 10.1 Å². The summed E-state index contributed by atoms with van der Waals surface area (Å²) in [5.41, 5.74) is 0. The van der Waals surface area contributed by atoms with Gasteiger partial charge in [-0.15, -0.1) is 0 Å². The summed E-state index contributed by atoms with van der Waals surface area (Å²) in [6, 6.07) is 0. The fraction of sp³-hybridized carbons (Fsp3) is 0.917. The van der Waals surface area contributed by atoms with Crippen molar-refractivity contribution >= 4 is 5.97 Å². The molecule has 1 unspecified atom stereocenters. The van der Waals surface area contributed by atoms with Gasteiger partial charge in [0.15, 0.2) is 0 Å². The van der Waals surface area contributed by atoms with Crippen LogP contribution in [-0.2, 0) is 9.53 Å². The first-order chi connectivity index (χ1) is 7.72. The summed E-state index contributed by atoms with van der Waals surface area (Å²) in [6.07, 6.45) is 6.08. The minimum Gasteiger partial charge on any atom is -0.469 e. The first kappa shape index (κ1) is 13.5. The monoisotopic (exact) mass is 229 g/mol. The van der Waals surface area contributed by atoms with Gasteiger partial charge in [-0.25, -0.2) is 0 Å². The Hall–Kier alpha value is -0.610. The third kappa shape index (κ3) is 5.47. The van der Waals surface area contributed by atoms with Crippen molar-refractivity contribution in [2.45, 2.75) is 44.6 Å². The Kier molecular flexibility index (Phi) is 6.42. The average molecular weight is 229 g/mol. The SMILES string of the molecule is COC(=O)CC(O)CNCCC1CCCC1. The number of hydrogen-bond acceptors (Lipinski definition) is 4. The number of rotatable bonds is 7. The van der Waals surface area contributed by atoms with Gasteiger partial charge in [0.05, 0.1) is 19.6 Å². The maximum Gasteiger partial charge on any atom is 0.308 e. The number of hydrogen-bond donors (Lipinski definition) is 2. The van der Waals surface area contributed by atoms with Crippen LogP contribution in [0.3, 0.4) is 0 Å². The van der Waals surface area contributed by atoms with Gasteiger partial charge in [0.25, 0.3) is 0 Å². The number of carbonyl (C=O) groups is 1. The lowest BCUT2D eigenvalue weighted by molar-refractivity contribution is -0.142. The Labute approximate surface area is 97.4 Å². The van der Waals surface area contributed by atoms with E-state index in [4.69, 9.17) is 0 Å². The van der Waals surface area contributed by atoms with E-state index in [1.807, 2.05) is 0 Å². The van der Waals surface area contributed by atoms with Crippen LogP contribution in [0.15, 0.2) is 0 Å². The van der Waals surface area contributed by atoms with Crippen LogP contribution >= 0.6 is 0 Å². The lowest BCUT2D eigenvalue weighted by Gasteiger charge is -2.12. The van der Waals surface area contributed by atoms with Crippen LogP contribution in [0.4, 0.5) is 0 Å². The van der Waals surface area contributed by atoms with Crippen LogP contribution < -0.4 is 5.32 Å². The lowest BCUT2D eigenvalue weighted by Crippen LogP contribution is -2.30. The number of methoxy groups -OCH3 is 1. The molecule has 0 aromatic rings. The van der Waals surface area contributed by atoms with Crippen LogP contribution in [0, 0.1) is 5.92 Å². The van der Waals surface area contributed by atoms with Gasteiger partial charge >= 0.3 is 5.97 Å². The maximum atomic E-state index is 10.9. The molecule has 1 aliphatic carbocycles. The summed E-state index contributed by atoms with van der Waals surface area (Å²) in [4.78, 5) is 10.9. The quantitative estimate of drug-likeness (QED) is 0.506. The topological polar surface area (TPSA) is 58.6 Å². The van der Waals surface area contributed by atoms with E-state index in [0.29, 0.717) is 6.54 Å². The van der Waals surface area contributed by atoms with Crippen molar-refractivity contribution in [3.05, 3.63) is 0 Å². The van der Waals surface area contributed by atoms with Gasteiger partial charge in [0, 0.05) is 6.54 Å². The molecule has 2 N–H and O–H groups in total. The van der Waals surface area contributed by atoms with Crippen molar-refractivity contribution in [1.82, 2.24) is 5.32 Å². The fourth-order valence-corrected chi connectivity index (χ4v) is 2.22. The molecule has 94 valence electrons. The molecule has 0 heterocycles. The van der Waals surface area contributed by atoms with Gasteiger partial charge < -0.3 is 15.2 Å². The molecule has 1 rings (SSSR count). The van der Waals surface area contributed by atoms with E-state index in [-0.39, 0.29) is 12.4 Å². The molecule has 16 heavy (non-hydrogen) atoms. The van der Waals surface area contributed by atoms with Crippen molar-refractivity contribution < 1.29 is 14.6 Å². The predicted octanol–water partition coefficient (Wildman–Crippen LogP) is 1.08. The molecule has 0 saturated heterocycles. The maximum absolute atomic E-state index is 10.9. The molecule has 0 spiro atoms. The van der Waals surface area contributed by atoms with Gasteiger partial charge in [-0.2, -0.15) is 0 Å². The Balaban J connectivity index is 1.95. The second-order valence-electron chi connectivity index (χ2n) is 4.58. The summed E-state index contributed by atoms with van der Waals surface area (Å²) >= 11 is 0. The van der Waals surface area contributed by atoms with E-state index >= 15 is 0 Å². The van der Waals surface area contributed by atoms with Gasteiger partial charge in [0.2, 0.25) is 0 Å². The van der Waals surface area contributed by atoms with Crippen molar-refractivity contribution in [3.63, 3.8) is 0 Å². The molecule has 0 amide bonds. The Bertz CT molecular complexity index is 202. The highest BCUT2D eigenvalue weighted by Crippen LogP contribution is 2.26. The molecular weight excluding hydrogens is 206 g/mol. The van der Waals surface area contributed by atoms with Gasteiger partial charge in [-0.05, 0) is 18.9 Å². The number of ether oxygens (including phenoxy) is 1. The number of aliphatic hydroxyl groups is 1. The number of aliphatic hydroxyl groups excluding tert-OH is 1. The molecule has 0 aliphatic heterocycles. The van der Waals surface area contributed by atoms with Crippen molar-refractivity contribution in [2.75, 3.05) is 20.2 Å². The average Bonchev–Trinajstić information content (AvgIpc) is 2.77. The van der Waals surface area contributed by atoms with E-state index in [0.717, 1.165) is 12.5 Å². The van der Waals surface area contributed by atoms with E-state index in [1.54, 1.807) is 0 Å². The largest absolute Gasteiger partial charge is 0.469 e. The molecule has 1 saturated carbocycles. The standard InChI is InChI=1S/C12H23NO3/c1-16-12(15)8-11(14)9-13-7-6-10-4-2-3-5-10/h10-11,13-14H,2-9H2,1H3. The van der Waals surface area contributed by atoms with Gasteiger partial charge in [-0.1, -0.05) is 25.7 Å². The van der Waals surface area contributed by atoms with Crippen LogP contribution in [0.2, 0.25) is 0 Å². The first-order valence-corrected chi connectivity index (χ1v) is 6.18. The lowest BCUT2D eigenvalue weighted by atomic mass is 10.0. The van der Waals surface area contributed by atoms with Crippen molar-refractivity contribution in [3.8, 4) is 0 Å². The van der Waals surface area contributed by atoms with E-state index in [9.17, 15) is 9.90 Å². The zero-order chi connectivity index (χ0) is 11.8. The molecule has 4 heteroatoms. The van der Waals surface area contributed by atoms with E-state index in [1.165, 1.54) is 39.2 Å².